The molecular formula is C14H19F3O. The molecule has 0 atom stereocenters. The molecule has 18 heavy (non-hydrogen) atoms. The molecule has 0 fully saturated rings. The molecule has 0 aliphatic heterocycles. The van der Waals surface area contributed by atoms with Gasteiger partial charge >= 0.3 is 6.18 Å². The third kappa shape index (κ3) is 5.54. The summed E-state index contributed by atoms with van der Waals surface area (Å²) in [5.41, 5.74) is 0.135. The molecule has 0 aliphatic rings. The lowest BCUT2D eigenvalue weighted by atomic mass is 10.1. The van der Waals surface area contributed by atoms with Gasteiger partial charge in [0.15, 0.2) is 0 Å². The van der Waals surface area contributed by atoms with Crippen molar-refractivity contribution in [1.29, 1.82) is 0 Å². The molecule has 4 heteroatoms. The van der Waals surface area contributed by atoms with Crippen LogP contribution in [0.15, 0.2) is 24.3 Å². The first-order valence-electron chi connectivity index (χ1n) is 6.28. The molecule has 1 nitrogen and oxygen atoms in total. The lowest BCUT2D eigenvalue weighted by Crippen LogP contribution is -2.05. The van der Waals surface area contributed by atoms with Crippen LogP contribution < -0.4 is 0 Å². The zero-order valence-corrected chi connectivity index (χ0v) is 10.6. The number of rotatable bonds is 7. The van der Waals surface area contributed by atoms with E-state index in [-0.39, 0.29) is 0 Å². The maximum atomic E-state index is 12.5. The summed E-state index contributed by atoms with van der Waals surface area (Å²) in [7, 11) is 0. The van der Waals surface area contributed by atoms with Gasteiger partial charge in [0, 0.05) is 13.2 Å². The van der Waals surface area contributed by atoms with Gasteiger partial charge in [-0.3, -0.25) is 0 Å². The molecule has 0 unspecified atom stereocenters. The predicted molar refractivity (Wildman–Crippen MR) is 65.5 cm³/mol. The number of hydrogen-bond acceptors (Lipinski definition) is 1. The fraction of sp³-hybridized carbons (Fsp3) is 0.571. The standard InChI is InChI=1S/C14H19F3O/c1-2-3-9-18-10-5-7-12-6-4-8-13(11-12)14(15,16)17/h4,6,8,11H,2-3,5,7,9-10H2,1H3. The Hall–Kier alpha value is -1.03. The number of hydrogen-bond donors (Lipinski definition) is 0. The summed E-state index contributed by atoms with van der Waals surface area (Å²) in [6.07, 6.45) is -0.758. The lowest BCUT2D eigenvalue weighted by Gasteiger charge is -2.08. The highest BCUT2D eigenvalue weighted by Gasteiger charge is 2.30. The average Bonchev–Trinajstić information content (AvgIpc) is 2.33. The van der Waals surface area contributed by atoms with Gasteiger partial charge in [0.05, 0.1) is 5.56 Å². The molecule has 1 aromatic carbocycles. The van der Waals surface area contributed by atoms with E-state index >= 15 is 0 Å². The third-order valence-corrected chi connectivity index (χ3v) is 2.65. The number of halogens is 3. The number of ether oxygens (including phenoxy) is 1. The van der Waals surface area contributed by atoms with Gasteiger partial charge in [0.2, 0.25) is 0 Å². The molecule has 1 aromatic rings. The highest BCUT2D eigenvalue weighted by atomic mass is 19.4. The van der Waals surface area contributed by atoms with Gasteiger partial charge in [-0.05, 0) is 30.9 Å². The van der Waals surface area contributed by atoms with Crippen molar-refractivity contribution in [2.75, 3.05) is 13.2 Å². The smallest absolute Gasteiger partial charge is 0.381 e. The zero-order chi connectivity index (χ0) is 13.4. The summed E-state index contributed by atoms with van der Waals surface area (Å²) in [5, 5.41) is 0. The van der Waals surface area contributed by atoms with Gasteiger partial charge in [0.25, 0.3) is 0 Å². The molecular weight excluding hydrogens is 241 g/mol. The van der Waals surface area contributed by atoms with Crippen LogP contribution in [0.25, 0.3) is 0 Å². The second kappa shape index (κ2) is 7.41. The van der Waals surface area contributed by atoms with Gasteiger partial charge in [-0.15, -0.1) is 0 Å². The van der Waals surface area contributed by atoms with Crippen molar-refractivity contribution < 1.29 is 17.9 Å². The number of alkyl halides is 3. The van der Waals surface area contributed by atoms with Crippen molar-refractivity contribution >= 4 is 0 Å². The summed E-state index contributed by atoms with van der Waals surface area (Å²) < 4.78 is 42.8. The number of unbranched alkanes of at least 4 members (excludes halogenated alkanes) is 1. The Bertz CT molecular complexity index is 347. The maximum Gasteiger partial charge on any atom is 0.416 e. The second-order valence-corrected chi connectivity index (χ2v) is 4.27. The Morgan fingerprint density at radius 3 is 2.50 bits per heavy atom. The van der Waals surface area contributed by atoms with Gasteiger partial charge < -0.3 is 4.74 Å². The Labute approximate surface area is 106 Å². The quantitative estimate of drug-likeness (QED) is 0.658. The van der Waals surface area contributed by atoms with Crippen LogP contribution in [-0.2, 0) is 17.3 Å². The van der Waals surface area contributed by atoms with Gasteiger partial charge in [-0.1, -0.05) is 31.5 Å². The largest absolute Gasteiger partial charge is 0.416 e. The molecule has 0 N–H and O–H groups in total. The van der Waals surface area contributed by atoms with Crippen LogP contribution in [0.3, 0.4) is 0 Å². The van der Waals surface area contributed by atoms with E-state index < -0.39 is 11.7 Å². The van der Waals surface area contributed by atoms with E-state index in [4.69, 9.17) is 4.74 Å². The molecule has 0 radical (unpaired) electrons. The highest BCUT2D eigenvalue weighted by Crippen LogP contribution is 2.29. The minimum atomic E-state index is -4.26. The predicted octanol–water partition coefficient (Wildman–Crippen LogP) is 4.45. The van der Waals surface area contributed by atoms with Gasteiger partial charge in [-0.2, -0.15) is 13.2 Å². The van der Waals surface area contributed by atoms with Crippen LogP contribution in [-0.4, -0.2) is 13.2 Å². The summed E-state index contributed by atoms with van der Waals surface area (Å²) in [5.74, 6) is 0. The molecule has 0 aliphatic carbocycles. The van der Waals surface area contributed by atoms with E-state index in [1.807, 2.05) is 0 Å². The molecule has 0 bridgehead atoms. The van der Waals surface area contributed by atoms with E-state index in [9.17, 15) is 13.2 Å². The van der Waals surface area contributed by atoms with Gasteiger partial charge in [0.1, 0.15) is 0 Å². The third-order valence-electron chi connectivity index (χ3n) is 2.65. The van der Waals surface area contributed by atoms with Crippen LogP contribution in [0.1, 0.15) is 37.3 Å². The Kier molecular flexibility index (Phi) is 6.19. The lowest BCUT2D eigenvalue weighted by molar-refractivity contribution is -0.137. The molecule has 0 amide bonds. The Balaban J connectivity index is 2.34. The monoisotopic (exact) mass is 260 g/mol. The Morgan fingerprint density at radius 1 is 1.11 bits per heavy atom. The topological polar surface area (TPSA) is 9.23 Å². The molecule has 0 aromatic heterocycles. The average molecular weight is 260 g/mol. The molecule has 0 saturated heterocycles. The van der Waals surface area contributed by atoms with Crippen molar-refractivity contribution in [2.45, 2.75) is 38.8 Å². The number of aryl methyl sites for hydroxylation is 1. The maximum absolute atomic E-state index is 12.5. The fourth-order valence-electron chi connectivity index (χ4n) is 1.63. The SMILES string of the molecule is CCCCOCCCc1cccc(C(F)(F)F)c1. The van der Waals surface area contributed by atoms with Crippen molar-refractivity contribution in [2.24, 2.45) is 0 Å². The molecule has 1 rings (SSSR count). The van der Waals surface area contributed by atoms with E-state index in [2.05, 4.69) is 6.92 Å². The second-order valence-electron chi connectivity index (χ2n) is 4.27. The molecule has 102 valence electrons. The number of benzene rings is 1. The highest BCUT2D eigenvalue weighted by molar-refractivity contribution is 5.25. The van der Waals surface area contributed by atoms with Crippen LogP contribution in [0, 0.1) is 0 Å². The fourth-order valence-corrected chi connectivity index (χ4v) is 1.63. The van der Waals surface area contributed by atoms with Crippen LogP contribution >= 0.6 is 0 Å². The first-order chi connectivity index (χ1) is 8.54. The minimum absolute atomic E-state index is 0.577. The van der Waals surface area contributed by atoms with E-state index in [0.717, 1.165) is 31.9 Å². The van der Waals surface area contributed by atoms with E-state index in [0.29, 0.717) is 18.6 Å². The summed E-state index contributed by atoms with van der Waals surface area (Å²) in [6.45, 7) is 3.43. The normalized spacial score (nSPS) is 11.8. The zero-order valence-electron chi connectivity index (χ0n) is 10.6. The first kappa shape index (κ1) is 15.0. The Morgan fingerprint density at radius 2 is 1.83 bits per heavy atom. The molecule has 0 spiro atoms. The van der Waals surface area contributed by atoms with Crippen LogP contribution in [0.5, 0.6) is 0 Å². The van der Waals surface area contributed by atoms with Crippen molar-refractivity contribution in [1.82, 2.24) is 0 Å². The van der Waals surface area contributed by atoms with Crippen molar-refractivity contribution in [3.63, 3.8) is 0 Å². The van der Waals surface area contributed by atoms with E-state index in [1.54, 1.807) is 6.07 Å². The van der Waals surface area contributed by atoms with E-state index in [1.165, 1.54) is 12.1 Å². The summed E-state index contributed by atoms with van der Waals surface area (Å²) >= 11 is 0. The van der Waals surface area contributed by atoms with Gasteiger partial charge in [-0.25, -0.2) is 0 Å². The van der Waals surface area contributed by atoms with Crippen molar-refractivity contribution in [3.05, 3.63) is 35.4 Å². The first-order valence-corrected chi connectivity index (χ1v) is 6.28. The van der Waals surface area contributed by atoms with Crippen LogP contribution in [0.4, 0.5) is 13.2 Å². The summed E-state index contributed by atoms with van der Waals surface area (Å²) in [6, 6.07) is 5.49. The van der Waals surface area contributed by atoms with Crippen molar-refractivity contribution in [3.8, 4) is 0 Å². The molecule has 0 heterocycles. The summed E-state index contributed by atoms with van der Waals surface area (Å²) in [4.78, 5) is 0. The minimum Gasteiger partial charge on any atom is -0.381 e. The molecule has 0 saturated carbocycles. The van der Waals surface area contributed by atoms with Crippen LogP contribution in [0.2, 0.25) is 0 Å².